The second-order valence-corrected chi connectivity index (χ2v) is 5.99. The predicted molar refractivity (Wildman–Crippen MR) is 93.6 cm³/mol. The Labute approximate surface area is 149 Å². The molecule has 0 fully saturated rings. The second kappa shape index (κ2) is 6.29. The third-order valence-corrected chi connectivity index (χ3v) is 4.28. The second-order valence-electron chi connectivity index (χ2n) is 5.99. The van der Waals surface area contributed by atoms with Gasteiger partial charge in [-0.15, -0.1) is 0 Å². The van der Waals surface area contributed by atoms with Gasteiger partial charge in [0.15, 0.2) is 5.69 Å². The van der Waals surface area contributed by atoms with E-state index in [2.05, 4.69) is 15.1 Å². The molecule has 2 N–H and O–H groups in total. The average molecular weight is 345 g/mol. The highest BCUT2D eigenvalue weighted by Gasteiger charge is 2.23. The molecular formula is C18H15N7O. The Balaban J connectivity index is 1.53. The van der Waals surface area contributed by atoms with Gasteiger partial charge in [0.25, 0.3) is 5.91 Å². The van der Waals surface area contributed by atoms with Crippen LogP contribution in [0.5, 0.6) is 0 Å². The molecule has 8 nitrogen and oxygen atoms in total. The van der Waals surface area contributed by atoms with Gasteiger partial charge in [-0.05, 0) is 18.2 Å². The Morgan fingerprint density at radius 1 is 1.19 bits per heavy atom. The number of hydrogen-bond donors (Lipinski definition) is 1. The minimum atomic E-state index is -0.0545. The van der Waals surface area contributed by atoms with Crippen LogP contribution in [0.4, 0.5) is 5.82 Å². The lowest BCUT2D eigenvalue weighted by atomic mass is 10.1. The highest BCUT2D eigenvalue weighted by atomic mass is 16.2. The minimum absolute atomic E-state index is 0.0545. The Morgan fingerprint density at radius 3 is 2.73 bits per heavy atom. The maximum absolute atomic E-state index is 12.8. The summed E-state index contributed by atoms with van der Waals surface area (Å²) in [6.07, 6.45) is 3.12. The third-order valence-electron chi connectivity index (χ3n) is 4.28. The van der Waals surface area contributed by atoms with Crippen LogP contribution in [-0.2, 0) is 13.1 Å². The van der Waals surface area contributed by atoms with E-state index in [-0.39, 0.29) is 5.91 Å². The summed E-state index contributed by atoms with van der Waals surface area (Å²) in [6.45, 7) is 1.58. The summed E-state index contributed by atoms with van der Waals surface area (Å²) in [5.41, 5.74) is 9.01. The summed E-state index contributed by atoms with van der Waals surface area (Å²) in [4.78, 5) is 22.8. The molecule has 8 heteroatoms. The van der Waals surface area contributed by atoms with Gasteiger partial charge >= 0.3 is 0 Å². The fourth-order valence-corrected chi connectivity index (χ4v) is 2.98. The van der Waals surface area contributed by atoms with Gasteiger partial charge in [0.1, 0.15) is 11.9 Å². The number of amides is 1. The summed E-state index contributed by atoms with van der Waals surface area (Å²) >= 11 is 0. The first-order chi connectivity index (χ1) is 12.6. The zero-order valence-corrected chi connectivity index (χ0v) is 13.8. The number of fused-ring (bicyclic) bond motifs is 1. The predicted octanol–water partition coefficient (Wildman–Crippen LogP) is 1.45. The smallest absolute Gasteiger partial charge is 0.254 e. The van der Waals surface area contributed by atoms with Gasteiger partial charge in [0, 0.05) is 17.7 Å². The first-order valence-corrected chi connectivity index (χ1v) is 8.08. The summed E-state index contributed by atoms with van der Waals surface area (Å²) in [7, 11) is 0. The zero-order valence-electron chi connectivity index (χ0n) is 13.8. The average Bonchev–Trinajstić information content (AvgIpc) is 3.10. The number of nitrogens with two attached hydrogens (primary N) is 1. The molecule has 1 aliphatic rings. The van der Waals surface area contributed by atoms with E-state index < -0.39 is 0 Å². The van der Waals surface area contributed by atoms with Gasteiger partial charge in [0.2, 0.25) is 0 Å². The van der Waals surface area contributed by atoms with Crippen molar-refractivity contribution in [2.24, 2.45) is 0 Å². The lowest BCUT2D eigenvalue weighted by molar-refractivity contribution is 0.0706. The highest BCUT2D eigenvalue weighted by Crippen LogP contribution is 2.20. The number of benzene rings is 1. The molecular weight excluding hydrogens is 330 g/mol. The molecule has 0 bridgehead atoms. The van der Waals surface area contributed by atoms with Gasteiger partial charge < -0.3 is 10.6 Å². The maximum Gasteiger partial charge on any atom is 0.254 e. The molecule has 0 unspecified atom stereocenters. The molecule has 0 atom stereocenters. The van der Waals surface area contributed by atoms with Crippen molar-refractivity contribution in [3.8, 4) is 17.3 Å². The summed E-state index contributed by atoms with van der Waals surface area (Å²) in [5.74, 6) is 0.297. The minimum Gasteiger partial charge on any atom is -0.382 e. The van der Waals surface area contributed by atoms with Crippen molar-refractivity contribution in [1.29, 1.82) is 5.26 Å². The van der Waals surface area contributed by atoms with E-state index in [1.54, 1.807) is 34.0 Å². The van der Waals surface area contributed by atoms with Crippen LogP contribution >= 0.6 is 0 Å². The number of carbonyl (C=O) groups is 1. The molecule has 128 valence electrons. The largest absolute Gasteiger partial charge is 0.382 e. The molecule has 2 aromatic heterocycles. The number of nitrogens with zero attached hydrogens (tertiary/aromatic N) is 6. The topological polar surface area (TPSA) is 114 Å². The summed E-state index contributed by atoms with van der Waals surface area (Å²) < 4.78 is 1.78. The van der Waals surface area contributed by atoms with Crippen molar-refractivity contribution >= 4 is 11.7 Å². The quantitative estimate of drug-likeness (QED) is 0.752. The molecule has 26 heavy (non-hydrogen) atoms. The molecule has 1 aromatic carbocycles. The number of rotatable bonds is 2. The van der Waals surface area contributed by atoms with Gasteiger partial charge in [-0.1, -0.05) is 12.1 Å². The molecule has 0 saturated carbocycles. The van der Waals surface area contributed by atoms with Crippen LogP contribution in [0.3, 0.4) is 0 Å². The van der Waals surface area contributed by atoms with E-state index in [1.165, 1.54) is 6.20 Å². The van der Waals surface area contributed by atoms with E-state index >= 15 is 0 Å². The van der Waals surface area contributed by atoms with Gasteiger partial charge in [-0.2, -0.15) is 10.4 Å². The fourth-order valence-electron chi connectivity index (χ4n) is 2.98. The molecule has 0 aliphatic carbocycles. The first kappa shape index (κ1) is 15.8. The standard InChI is InChI=1S/C18H15N7O/c19-8-14-7-15-11-24(5-6-25(15)23-14)18(26)13-3-1-12(2-4-13)16-9-21-10-17(20)22-16/h1-4,7,9-10H,5-6,11H2,(H2,20,22). The number of aromatic nitrogens is 4. The highest BCUT2D eigenvalue weighted by molar-refractivity contribution is 5.94. The third kappa shape index (κ3) is 2.86. The fraction of sp³-hybridized carbons (Fsp3) is 0.167. The van der Waals surface area contributed by atoms with Crippen LogP contribution in [0.2, 0.25) is 0 Å². The summed E-state index contributed by atoms with van der Waals surface area (Å²) in [6, 6.07) is 11.0. The molecule has 0 saturated heterocycles. The van der Waals surface area contributed by atoms with Crippen molar-refractivity contribution in [3.05, 3.63) is 59.7 Å². The van der Waals surface area contributed by atoms with Crippen molar-refractivity contribution in [3.63, 3.8) is 0 Å². The Bertz CT molecular complexity index is 1020. The Hall–Kier alpha value is -3.73. The lowest BCUT2D eigenvalue weighted by Crippen LogP contribution is -2.38. The maximum atomic E-state index is 12.8. The van der Waals surface area contributed by atoms with Gasteiger partial charge in [0.05, 0.1) is 36.9 Å². The van der Waals surface area contributed by atoms with Crippen LogP contribution in [0.15, 0.2) is 42.7 Å². The molecule has 1 aliphatic heterocycles. The molecule has 3 heterocycles. The number of carbonyl (C=O) groups excluding carboxylic acids is 1. The lowest BCUT2D eigenvalue weighted by Gasteiger charge is -2.27. The normalized spacial score (nSPS) is 13.1. The number of nitriles is 1. The van der Waals surface area contributed by atoms with Crippen molar-refractivity contribution in [2.75, 3.05) is 12.3 Å². The SMILES string of the molecule is N#Cc1cc2n(n1)CCN(C(=O)c1ccc(-c3cncc(N)n3)cc1)C2. The summed E-state index contributed by atoms with van der Waals surface area (Å²) in [5, 5.41) is 13.1. The van der Waals surface area contributed by atoms with Crippen molar-refractivity contribution in [2.45, 2.75) is 13.1 Å². The van der Waals surface area contributed by atoms with Crippen LogP contribution in [0, 0.1) is 11.3 Å². The van der Waals surface area contributed by atoms with E-state index in [4.69, 9.17) is 11.0 Å². The van der Waals surface area contributed by atoms with Crippen LogP contribution < -0.4 is 5.73 Å². The van der Waals surface area contributed by atoms with E-state index in [0.29, 0.717) is 42.4 Å². The van der Waals surface area contributed by atoms with E-state index in [9.17, 15) is 4.79 Å². The van der Waals surface area contributed by atoms with E-state index in [0.717, 1.165) is 11.3 Å². The van der Waals surface area contributed by atoms with E-state index in [1.807, 2.05) is 18.2 Å². The molecule has 3 aromatic rings. The molecule has 0 radical (unpaired) electrons. The van der Waals surface area contributed by atoms with Crippen LogP contribution in [-0.4, -0.2) is 37.1 Å². The van der Waals surface area contributed by atoms with Crippen molar-refractivity contribution in [1.82, 2.24) is 24.6 Å². The van der Waals surface area contributed by atoms with Gasteiger partial charge in [-0.3, -0.25) is 14.5 Å². The number of anilines is 1. The Morgan fingerprint density at radius 2 is 2.00 bits per heavy atom. The number of hydrogen-bond acceptors (Lipinski definition) is 6. The van der Waals surface area contributed by atoms with Crippen LogP contribution in [0.1, 0.15) is 21.7 Å². The van der Waals surface area contributed by atoms with Crippen LogP contribution in [0.25, 0.3) is 11.3 Å². The molecule has 0 spiro atoms. The molecule has 4 rings (SSSR count). The van der Waals surface area contributed by atoms with Crippen molar-refractivity contribution < 1.29 is 4.79 Å². The monoisotopic (exact) mass is 345 g/mol. The Kier molecular flexibility index (Phi) is 3.82. The van der Waals surface area contributed by atoms with Gasteiger partial charge in [-0.25, -0.2) is 4.98 Å². The number of nitrogen functional groups attached to an aromatic ring is 1. The first-order valence-electron chi connectivity index (χ1n) is 8.08. The zero-order chi connectivity index (χ0) is 18.1. The molecule has 1 amide bonds.